The van der Waals surface area contributed by atoms with Crippen LogP contribution in [0.4, 0.5) is 11.6 Å². The molecule has 1 heterocycles. The first kappa shape index (κ1) is 16.9. The van der Waals surface area contributed by atoms with Crippen molar-refractivity contribution in [3.05, 3.63) is 46.8 Å². The average molecular weight is 312 g/mol. The van der Waals surface area contributed by atoms with Crippen molar-refractivity contribution in [1.29, 1.82) is 0 Å². The second kappa shape index (κ2) is 6.36. The lowest BCUT2D eigenvalue weighted by atomic mass is 10.1. The second-order valence-corrected chi connectivity index (χ2v) is 6.92. The SMILES string of the molecule is Cc1cc(C)cc(Nc2nc(C)cc(C(=O)NC(C)(C)C)n2)c1. The van der Waals surface area contributed by atoms with Crippen molar-refractivity contribution in [2.75, 3.05) is 5.32 Å². The molecule has 0 bridgehead atoms. The van der Waals surface area contributed by atoms with Crippen molar-refractivity contribution in [3.63, 3.8) is 0 Å². The smallest absolute Gasteiger partial charge is 0.270 e. The predicted molar refractivity (Wildman–Crippen MR) is 93.2 cm³/mol. The molecule has 0 radical (unpaired) electrons. The Kier molecular flexibility index (Phi) is 4.68. The molecule has 1 aromatic heterocycles. The highest BCUT2D eigenvalue weighted by Crippen LogP contribution is 2.18. The molecule has 0 saturated carbocycles. The van der Waals surface area contributed by atoms with E-state index in [9.17, 15) is 4.79 Å². The first-order valence-electron chi connectivity index (χ1n) is 7.66. The summed E-state index contributed by atoms with van der Waals surface area (Å²) in [5.41, 5.74) is 4.02. The van der Waals surface area contributed by atoms with Gasteiger partial charge in [-0.3, -0.25) is 4.79 Å². The lowest BCUT2D eigenvalue weighted by Gasteiger charge is -2.20. The Labute approximate surface area is 137 Å². The Morgan fingerprint density at radius 3 is 2.13 bits per heavy atom. The molecule has 23 heavy (non-hydrogen) atoms. The molecule has 0 saturated heterocycles. The highest BCUT2D eigenvalue weighted by Gasteiger charge is 2.17. The Bertz CT molecular complexity index is 712. The molecule has 0 aliphatic rings. The summed E-state index contributed by atoms with van der Waals surface area (Å²) in [7, 11) is 0. The Hall–Kier alpha value is -2.43. The summed E-state index contributed by atoms with van der Waals surface area (Å²) in [6.07, 6.45) is 0. The number of hydrogen-bond acceptors (Lipinski definition) is 4. The Balaban J connectivity index is 2.28. The molecular weight excluding hydrogens is 288 g/mol. The van der Waals surface area contributed by atoms with Crippen LogP contribution in [0.15, 0.2) is 24.3 Å². The normalized spacial score (nSPS) is 11.2. The molecule has 0 aliphatic heterocycles. The standard InChI is InChI=1S/C18H24N4O/c1-11-7-12(2)9-14(8-11)20-17-19-13(3)10-15(21-17)16(23)22-18(4,5)6/h7-10H,1-6H3,(H,22,23)(H,19,20,21). The van der Waals surface area contributed by atoms with Gasteiger partial charge in [-0.2, -0.15) is 0 Å². The molecule has 5 heteroatoms. The van der Waals surface area contributed by atoms with E-state index in [4.69, 9.17) is 0 Å². The lowest BCUT2D eigenvalue weighted by molar-refractivity contribution is 0.0914. The number of aryl methyl sites for hydroxylation is 3. The minimum absolute atomic E-state index is 0.202. The molecule has 1 aromatic carbocycles. The number of nitrogens with zero attached hydrogens (tertiary/aromatic N) is 2. The van der Waals surface area contributed by atoms with Crippen LogP contribution in [-0.2, 0) is 0 Å². The van der Waals surface area contributed by atoms with Gasteiger partial charge in [0, 0.05) is 16.9 Å². The van der Waals surface area contributed by atoms with Gasteiger partial charge in [0.05, 0.1) is 0 Å². The summed E-state index contributed by atoms with van der Waals surface area (Å²) in [5, 5.41) is 6.10. The van der Waals surface area contributed by atoms with E-state index in [1.54, 1.807) is 6.07 Å². The molecular formula is C18H24N4O. The largest absolute Gasteiger partial charge is 0.346 e. The molecule has 122 valence electrons. The zero-order valence-corrected chi connectivity index (χ0v) is 14.6. The third kappa shape index (κ3) is 5.06. The monoisotopic (exact) mass is 312 g/mol. The first-order chi connectivity index (χ1) is 10.6. The maximum absolute atomic E-state index is 12.3. The molecule has 0 aliphatic carbocycles. The van der Waals surface area contributed by atoms with Crippen LogP contribution in [0.25, 0.3) is 0 Å². The van der Waals surface area contributed by atoms with Crippen LogP contribution in [0, 0.1) is 20.8 Å². The van der Waals surface area contributed by atoms with Crippen LogP contribution in [-0.4, -0.2) is 21.4 Å². The molecule has 2 rings (SSSR count). The van der Waals surface area contributed by atoms with Crippen LogP contribution in [0.5, 0.6) is 0 Å². The lowest BCUT2D eigenvalue weighted by Crippen LogP contribution is -2.41. The van der Waals surface area contributed by atoms with Gasteiger partial charge in [-0.05, 0) is 70.9 Å². The minimum atomic E-state index is -0.308. The number of anilines is 2. The zero-order valence-electron chi connectivity index (χ0n) is 14.6. The van der Waals surface area contributed by atoms with Gasteiger partial charge >= 0.3 is 0 Å². The van der Waals surface area contributed by atoms with Crippen molar-refractivity contribution in [1.82, 2.24) is 15.3 Å². The molecule has 0 unspecified atom stereocenters. The fraction of sp³-hybridized carbons (Fsp3) is 0.389. The number of hydrogen-bond donors (Lipinski definition) is 2. The topological polar surface area (TPSA) is 66.9 Å². The number of aromatic nitrogens is 2. The van der Waals surface area contributed by atoms with Crippen LogP contribution in [0.3, 0.4) is 0 Å². The molecule has 2 aromatic rings. The van der Waals surface area contributed by atoms with Gasteiger partial charge in [0.1, 0.15) is 5.69 Å². The fourth-order valence-electron chi connectivity index (χ4n) is 2.32. The van der Waals surface area contributed by atoms with Gasteiger partial charge in [-0.15, -0.1) is 0 Å². The number of rotatable bonds is 3. The molecule has 0 atom stereocenters. The van der Waals surface area contributed by atoms with Gasteiger partial charge in [-0.1, -0.05) is 6.07 Å². The van der Waals surface area contributed by atoms with Gasteiger partial charge in [0.25, 0.3) is 5.91 Å². The molecule has 1 amide bonds. The maximum atomic E-state index is 12.3. The van der Waals surface area contributed by atoms with Crippen LogP contribution >= 0.6 is 0 Å². The summed E-state index contributed by atoms with van der Waals surface area (Å²) in [6.45, 7) is 11.7. The molecule has 5 nitrogen and oxygen atoms in total. The second-order valence-electron chi connectivity index (χ2n) is 6.92. The van der Waals surface area contributed by atoms with Crippen molar-refractivity contribution in [2.45, 2.75) is 47.1 Å². The first-order valence-corrected chi connectivity index (χ1v) is 7.66. The average Bonchev–Trinajstić information content (AvgIpc) is 2.34. The fourth-order valence-corrected chi connectivity index (χ4v) is 2.32. The van der Waals surface area contributed by atoms with E-state index in [0.717, 1.165) is 22.5 Å². The van der Waals surface area contributed by atoms with Gasteiger partial charge in [-0.25, -0.2) is 9.97 Å². The van der Waals surface area contributed by atoms with Crippen molar-refractivity contribution in [2.24, 2.45) is 0 Å². The van der Waals surface area contributed by atoms with Crippen LogP contribution < -0.4 is 10.6 Å². The van der Waals surface area contributed by atoms with Crippen LogP contribution in [0.1, 0.15) is 48.1 Å². The van der Waals surface area contributed by atoms with E-state index >= 15 is 0 Å². The number of carbonyl (C=O) groups excluding carboxylic acids is 1. The third-order valence-electron chi connectivity index (χ3n) is 3.05. The number of nitrogens with one attached hydrogen (secondary N) is 2. The summed E-state index contributed by atoms with van der Waals surface area (Å²) >= 11 is 0. The van der Waals surface area contributed by atoms with Crippen molar-refractivity contribution >= 4 is 17.5 Å². The van der Waals surface area contributed by atoms with Gasteiger partial charge < -0.3 is 10.6 Å². The summed E-state index contributed by atoms with van der Waals surface area (Å²) in [4.78, 5) is 21.0. The van der Waals surface area contributed by atoms with Crippen LogP contribution in [0.2, 0.25) is 0 Å². The molecule has 0 fully saturated rings. The van der Waals surface area contributed by atoms with Crippen molar-refractivity contribution in [3.8, 4) is 0 Å². The van der Waals surface area contributed by atoms with E-state index in [2.05, 4.69) is 26.7 Å². The summed E-state index contributed by atoms with van der Waals surface area (Å²) < 4.78 is 0. The molecule has 0 spiro atoms. The molecule has 2 N–H and O–H groups in total. The summed E-state index contributed by atoms with van der Waals surface area (Å²) in [5.74, 6) is 0.223. The number of benzene rings is 1. The summed E-state index contributed by atoms with van der Waals surface area (Å²) in [6, 6.07) is 7.83. The Morgan fingerprint density at radius 1 is 0.957 bits per heavy atom. The highest BCUT2D eigenvalue weighted by atomic mass is 16.2. The zero-order chi connectivity index (χ0) is 17.2. The van der Waals surface area contributed by atoms with Crippen molar-refractivity contribution < 1.29 is 4.79 Å². The van der Waals surface area contributed by atoms with E-state index in [0.29, 0.717) is 11.6 Å². The minimum Gasteiger partial charge on any atom is -0.346 e. The third-order valence-corrected chi connectivity index (χ3v) is 3.05. The quantitative estimate of drug-likeness (QED) is 0.907. The van der Waals surface area contributed by atoms with E-state index in [1.165, 1.54) is 0 Å². The van der Waals surface area contributed by atoms with E-state index in [1.807, 2.05) is 53.7 Å². The highest BCUT2D eigenvalue weighted by molar-refractivity contribution is 5.93. The van der Waals surface area contributed by atoms with Gasteiger partial charge in [0.15, 0.2) is 0 Å². The van der Waals surface area contributed by atoms with E-state index < -0.39 is 0 Å². The number of amides is 1. The predicted octanol–water partition coefficient (Wildman–Crippen LogP) is 3.67. The van der Waals surface area contributed by atoms with Gasteiger partial charge in [0.2, 0.25) is 5.95 Å². The maximum Gasteiger partial charge on any atom is 0.270 e. The van der Waals surface area contributed by atoms with E-state index in [-0.39, 0.29) is 11.4 Å². The number of carbonyl (C=O) groups is 1. The Morgan fingerprint density at radius 2 is 1.57 bits per heavy atom.